The van der Waals surface area contributed by atoms with Crippen molar-refractivity contribution in [3.63, 3.8) is 0 Å². The number of carbonyl (C=O) groups is 1. The topological polar surface area (TPSA) is 141 Å². The molecular formula is C19H20Cl2N6O4S. The lowest BCUT2D eigenvalue weighted by Crippen LogP contribution is -2.29. The van der Waals surface area contributed by atoms with Gasteiger partial charge in [0.05, 0.1) is 21.0 Å². The maximum Gasteiger partial charge on any atom is 0.322 e. The minimum absolute atomic E-state index is 0.0310. The van der Waals surface area contributed by atoms with Crippen molar-refractivity contribution in [3.8, 4) is 11.8 Å². The standard InChI is InChI=1S/C19H20Cl2N6O4S/c1-3-27-17(11(2)26-32(29,30)14-7-8-15(20)16(21)10-14)24-25-19(27)31-13-6-4-5-12(9-13)23-18(22)28/h4-11,26H,3H2,1-2H3,(H3,22,23,28)/t11-/m1/s1. The van der Waals surface area contributed by atoms with Crippen LogP contribution in [0.3, 0.4) is 0 Å². The number of rotatable bonds is 8. The number of anilines is 1. The molecule has 2 amide bonds. The monoisotopic (exact) mass is 498 g/mol. The largest absolute Gasteiger partial charge is 0.424 e. The van der Waals surface area contributed by atoms with Crippen molar-refractivity contribution < 1.29 is 17.9 Å². The van der Waals surface area contributed by atoms with Gasteiger partial charge in [-0.25, -0.2) is 17.9 Å². The van der Waals surface area contributed by atoms with E-state index in [9.17, 15) is 13.2 Å². The lowest BCUT2D eigenvalue weighted by Gasteiger charge is -2.15. The van der Waals surface area contributed by atoms with E-state index >= 15 is 0 Å². The van der Waals surface area contributed by atoms with Gasteiger partial charge in [0.1, 0.15) is 5.75 Å². The van der Waals surface area contributed by atoms with Crippen molar-refractivity contribution >= 4 is 44.9 Å². The molecule has 0 bridgehead atoms. The molecule has 1 atom stereocenters. The molecule has 1 heterocycles. The summed E-state index contributed by atoms with van der Waals surface area (Å²) in [7, 11) is -3.91. The first kappa shape index (κ1) is 23.8. The second kappa shape index (κ2) is 9.74. The van der Waals surface area contributed by atoms with E-state index in [1.54, 1.807) is 35.8 Å². The maximum atomic E-state index is 12.8. The summed E-state index contributed by atoms with van der Waals surface area (Å²) in [5, 5.41) is 10.9. The van der Waals surface area contributed by atoms with Gasteiger partial charge in [-0.1, -0.05) is 34.4 Å². The van der Waals surface area contributed by atoms with Gasteiger partial charge in [0.25, 0.3) is 0 Å². The predicted octanol–water partition coefficient (Wildman–Crippen LogP) is 3.93. The van der Waals surface area contributed by atoms with Crippen LogP contribution in [0.4, 0.5) is 10.5 Å². The van der Waals surface area contributed by atoms with E-state index in [0.717, 1.165) is 0 Å². The normalized spacial score (nSPS) is 12.4. The van der Waals surface area contributed by atoms with E-state index in [1.807, 2.05) is 6.92 Å². The minimum atomic E-state index is -3.91. The quantitative estimate of drug-likeness (QED) is 0.429. The number of nitrogens with zero attached hydrogens (tertiary/aromatic N) is 3. The molecule has 3 rings (SSSR count). The zero-order chi connectivity index (χ0) is 23.5. The van der Waals surface area contributed by atoms with Crippen molar-refractivity contribution in [3.05, 3.63) is 58.3 Å². The van der Waals surface area contributed by atoms with Gasteiger partial charge in [-0.05, 0) is 44.2 Å². The van der Waals surface area contributed by atoms with E-state index in [0.29, 0.717) is 23.8 Å². The molecule has 1 aromatic heterocycles. The number of hydrogen-bond donors (Lipinski definition) is 3. The lowest BCUT2D eigenvalue weighted by molar-refractivity contribution is 0.259. The number of nitrogens with one attached hydrogen (secondary N) is 2. The van der Waals surface area contributed by atoms with Gasteiger partial charge in [-0.3, -0.25) is 4.57 Å². The van der Waals surface area contributed by atoms with Crippen molar-refractivity contribution in [1.29, 1.82) is 0 Å². The van der Waals surface area contributed by atoms with Crippen LogP contribution in [0.1, 0.15) is 25.7 Å². The molecule has 4 N–H and O–H groups in total. The van der Waals surface area contributed by atoms with Crippen molar-refractivity contribution in [1.82, 2.24) is 19.5 Å². The van der Waals surface area contributed by atoms with Gasteiger partial charge in [-0.15, -0.1) is 5.10 Å². The Bertz CT molecular complexity index is 1250. The van der Waals surface area contributed by atoms with Crippen LogP contribution in [0, 0.1) is 0 Å². The second-order valence-corrected chi connectivity index (χ2v) is 9.15. The third kappa shape index (κ3) is 5.49. The SMILES string of the molecule is CCn1c(Oc2cccc(NC(N)=O)c2)nnc1[C@@H](C)NS(=O)(=O)c1ccc(Cl)c(Cl)c1. The first-order valence-corrected chi connectivity index (χ1v) is 11.6. The summed E-state index contributed by atoms with van der Waals surface area (Å²) >= 11 is 11.8. The van der Waals surface area contributed by atoms with E-state index in [1.165, 1.54) is 18.2 Å². The van der Waals surface area contributed by atoms with Crippen LogP contribution in [0.25, 0.3) is 0 Å². The van der Waals surface area contributed by atoms with E-state index in [4.69, 9.17) is 33.7 Å². The first-order chi connectivity index (χ1) is 15.1. The smallest absolute Gasteiger partial charge is 0.322 e. The fourth-order valence-corrected chi connectivity index (χ4v) is 4.47. The van der Waals surface area contributed by atoms with Crippen LogP contribution in [0.2, 0.25) is 10.0 Å². The predicted molar refractivity (Wildman–Crippen MR) is 121 cm³/mol. The minimum Gasteiger partial charge on any atom is -0.424 e. The molecular weight excluding hydrogens is 479 g/mol. The molecule has 0 saturated heterocycles. The number of urea groups is 1. The van der Waals surface area contributed by atoms with Crippen LogP contribution < -0.4 is 20.5 Å². The van der Waals surface area contributed by atoms with Crippen LogP contribution in [-0.4, -0.2) is 29.2 Å². The number of aromatic nitrogens is 3. The molecule has 32 heavy (non-hydrogen) atoms. The molecule has 0 aliphatic carbocycles. The molecule has 3 aromatic rings. The number of ether oxygens (including phenoxy) is 1. The number of primary amides is 1. The highest BCUT2D eigenvalue weighted by Gasteiger charge is 2.24. The number of carbonyl (C=O) groups excluding carboxylic acids is 1. The highest BCUT2D eigenvalue weighted by atomic mass is 35.5. The Labute approximate surface area is 194 Å². The number of amides is 2. The van der Waals surface area contributed by atoms with Crippen molar-refractivity contribution in [2.24, 2.45) is 5.73 Å². The Kier molecular flexibility index (Phi) is 7.24. The Balaban J connectivity index is 1.82. The fourth-order valence-electron chi connectivity index (χ4n) is 2.88. The molecule has 0 unspecified atom stereocenters. The van der Waals surface area contributed by atoms with Gasteiger partial charge in [-0.2, -0.15) is 0 Å². The van der Waals surface area contributed by atoms with Gasteiger partial charge in [0.2, 0.25) is 10.0 Å². The van der Waals surface area contributed by atoms with Crippen LogP contribution in [-0.2, 0) is 16.6 Å². The molecule has 13 heteroatoms. The Hall–Kier alpha value is -2.86. The number of benzene rings is 2. The third-order valence-electron chi connectivity index (χ3n) is 4.29. The average Bonchev–Trinajstić information content (AvgIpc) is 3.12. The van der Waals surface area contributed by atoms with E-state index in [-0.39, 0.29) is 21.0 Å². The summed E-state index contributed by atoms with van der Waals surface area (Å²) < 4.78 is 35.5. The summed E-state index contributed by atoms with van der Waals surface area (Å²) in [6.07, 6.45) is 0. The second-order valence-electron chi connectivity index (χ2n) is 6.62. The summed E-state index contributed by atoms with van der Waals surface area (Å²) in [6.45, 7) is 3.88. The Morgan fingerprint density at radius 2 is 1.94 bits per heavy atom. The fraction of sp³-hybridized carbons (Fsp3) is 0.211. The Morgan fingerprint density at radius 1 is 1.19 bits per heavy atom. The summed E-state index contributed by atoms with van der Waals surface area (Å²) in [5.41, 5.74) is 5.58. The number of sulfonamides is 1. The van der Waals surface area contributed by atoms with Crippen molar-refractivity contribution in [2.45, 2.75) is 31.3 Å². The number of halogens is 2. The zero-order valence-corrected chi connectivity index (χ0v) is 19.4. The zero-order valence-electron chi connectivity index (χ0n) is 17.0. The highest BCUT2D eigenvalue weighted by Crippen LogP contribution is 2.27. The summed E-state index contributed by atoms with van der Waals surface area (Å²) in [6, 6.07) is 9.29. The molecule has 10 nitrogen and oxygen atoms in total. The van der Waals surface area contributed by atoms with Crippen LogP contribution in [0.15, 0.2) is 47.4 Å². The molecule has 0 fully saturated rings. The number of nitrogens with two attached hydrogens (primary N) is 1. The van der Waals surface area contributed by atoms with Gasteiger partial charge < -0.3 is 15.8 Å². The van der Waals surface area contributed by atoms with Crippen LogP contribution in [0.5, 0.6) is 11.8 Å². The molecule has 0 spiro atoms. The summed E-state index contributed by atoms with van der Waals surface area (Å²) in [5.74, 6) is 0.728. The summed E-state index contributed by atoms with van der Waals surface area (Å²) in [4.78, 5) is 11.0. The molecule has 2 aromatic carbocycles. The van der Waals surface area contributed by atoms with Crippen molar-refractivity contribution in [2.75, 3.05) is 5.32 Å². The molecule has 0 radical (unpaired) electrons. The average molecular weight is 499 g/mol. The molecule has 0 aliphatic rings. The van der Waals surface area contributed by atoms with E-state index in [2.05, 4.69) is 20.2 Å². The molecule has 0 aliphatic heterocycles. The maximum absolute atomic E-state index is 12.8. The van der Waals surface area contributed by atoms with Crippen LogP contribution >= 0.6 is 23.2 Å². The Morgan fingerprint density at radius 3 is 2.59 bits per heavy atom. The third-order valence-corrected chi connectivity index (χ3v) is 6.57. The van der Waals surface area contributed by atoms with E-state index < -0.39 is 22.1 Å². The highest BCUT2D eigenvalue weighted by molar-refractivity contribution is 7.89. The number of hydrogen-bond acceptors (Lipinski definition) is 6. The van der Waals surface area contributed by atoms with Gasteiger partial charge in [0, 0.05) is 18.3 Å². The molecule has 0 saturated carbocycles. The van der Waals surface area contributed by atoms with Gasteiger partial charge in [0.15, 0.2) is 5.82 Å². The molecule has 170 valence electrons. The lowest BCUT2D eigenvalue weighted by atomic mass is 10.3. The van der Waals surface area contributed by atoms with Gasteiger partial charge >= 0.3 is 12.0 Å². The first-order valence-electron chi connectivity index (χ1n) is 9.35.